The van der Waals surface area contributed by atoms with Gasteiger partial charge in [-0.25, -0.2) is 0 Å². The lowest BCUT2D eigenvalue weighted by Crippen LogP contribution is -2.62. The van der Waals surface area contributed by atoms with Crippen LogP contribution in [0.4, 0.5) is 0 Å². The summed E-state index contributed by atoms with van der Waals surface area (Å²) in [5.74, 6) is -1.64. The second-order valence-electron chi connectivity index (χ2n) is 4.17. The molecule has 1 aliphatic rings. The van der Waals surface area contributed by atoms with Crippen molar-refractivity contribution in [3.8, 4) is 0 Å². The zero-order valence-corrected chi connectivity index (χ0v) is 10.9. The SMILES string of the molecule is CC(=O)NC1C(O)OC[C@@H](OC(C)=O)[C@H]1OC(C)=O. The lowest BCUT2D eigenvalue weighted by molar-refractivity contribution is -0.229. The first-order valence-electron chi connectivity index (χ1n) is 5.72. The average molecular weight is 275 g/mol. The van der Waals surface area contributed by atoms with Gasteiger partial charge in [-0.2, -0.15) is 0 Å². The molecule has 1 amide bonds. The van der Waals surface area contributed by atoms with Crippen LogP contribution in [-0.2, 0) is 28.6 Å². The highest BCUT2D eigenvalue weighted by atomic mass is 16.6. The summed E-state index contributed by atoms with van der Waals surface area (Å²) < 4.78 is 15.0. The van der Waals surface area contributed by atoms with E-state index < -0.39 is 42.4 Å². The number of aliphatic hydroxyl groups excluding tert-OH is 1. The predicted octanol–water partition coefficient (Wildman–Crippen LogP) is -1.30. The fourth-order valence-electron chi connectivity index (χ4n) is 1.83. The van der Waals surface area contributed by atoms with E-state index >= 15 is 0 Å². The van der Waals surface area contributed by atoms with E-state index in [-0.39, 0.29) is 6.61 Å². The van der Waals surface area contributed by atoms with Crippen molar-refractivity contribution in [3.05, 3.63) is 0 Å². The second-order valence-corrected chi connectivity index (χ2v) is 4.17. The van der Waals surface area contributed by atoms with Gasteiger partial charge in [-0.3, -0.25) is 14.4 Å². The molecule has 0 aliphatic carbocycles. The molecule has 1 fully saturated rings. The van der Waals surface area contributed by atoms with E-state index in [0.29, 0.717) is 0 Å². The Bertz CT molecular complexity index is 370. The number of hydrogen-bond donors (Lipinski definition) is 2. The van der Waals surface area contributed by atoms with Crippen LogP contribution in [0.3, 0.4) is 0 Å². The average Bonchev–Trinajstić information content (AvgIpc) is 2.25. The summed E-state index contributed by atoms with van der Waals surface area (Å²) >= 11 is 0. The van der Waals surface area contributed by atoms with E-state index in [9.17, 15) is 19.5 Å². The van der Waals surface area contributed by atoms with Crippen LogP contribution in [0, 0.1) is 0 Å². The van der Waals surface area contributed by atoms with Crippen LogP contribution in [0.1, 0.15) is 20.8 Å². The van der Waals surface area contributed by atoms with Crippen molar-refractivity contribution in [2.75, 3.05) is 6.61 Å². The van der Waals surface area contributed by atoms with Crippen molar-refractivity contribution in [2.45, 2.75) is 45.3 Å². The van der Waals surface area contributed by atoms with Gasteiger partial charge in [-0.15, -0.1) is 0 Å². The van der Waals surface area contributed by atoms with Crippen LogP contribution in [0.2, 0.25) is 0 Å². The number of nitrogens with one attached hydrogen (secondary N) is 1. The third-order valence-corrected chi connectivity index (χ3v) is 2.45. The summed E-state index contributed by atoms with van der Waals surface area (Å²) in [6, 6.07) is -1.00. The lowest BCUT2D eigenvalue weighted by Gasteiger charge is -2.39. The fourth-order valence-corrected chi connectivity index (χ4v) is 1.83. The van der Waals surface area contributed by atoms with Crippen molar-refractivity contribution in [2.24, 2.45) is 0 Å². The molecule has 2 N–H and O–H groups in total. The van der Waals surface area contributed by atoms with Gasteiger partial charge in [-0.05, 0) is 0 Å². The van der Waals surface area contributed by atoms with Gasteiger partial charge < -0.3 is 24.6 Å². The molecule has 0 saturated carbocycles. The number of rotatable bonds is 3. The van der Waals surface area contributed by atoms with Crippen LogP contribution in [0.25, 0.3) is 0 Å². The minimum atomic E-state index is -1.35. The molecular weight excluding hydrogens is 258 g/mol. The summed E-state index contributed by atoms with van der Waals surface area (Å²) in [7, 11) is 0. The molecule has 108 valence electrons. The Morgan fingerprint density at radius 2 is 1.74 bits per heavy atom. The van der Waals surface area contributed by atoms with Gasteiger partial charge in [0.15, 0.2) is 18.5 Å². The number of carbonyl (C=O) groups excluding carboxylic acids is 3. The largest absolute Gasteiger partial charge is 0.456 e. The molecule has 0 aromatic carbocycles. The fraction of sp³-hybridized carbons (Fsp3) is 0.727. The molecule has 0 radical (unpaired) electrons. The zero-order chi connectivity index (χ0) is 14.6. The molecule has 0 aromatic heterocycles. The maximum Gasteiger partial charge on any atom is 0.303 e. The Morgan fingerprint density at radius 3 is 2.21 bits per heavy atom. The minimum absolute atomic E-state index is 0.130. The molecule has 1 saturated heterocycles. The number of ether oxygens (including phenoxy) is 3. The Hall–Kier alpha value is -1.67. The molecule has 4 atom stereocenters. The van der Waals surface area contributed by atoms with Gasteiger partial charge in [0.2, 0.25) is 5.91 Å². The van der Waals surface area contributed by atoms with Crippen LogP contribution < -0.4 is 5.32 Å². The summed E-state index contributed by atoms with van der Waals surface area (Å²) in [5, 5.41) is 12.1. The summed E-state index contributed by atoms with van der Waals surface area (Å²) in [6.07, 6.45) is -3.24. The van der Waals surface area contributed by atoms with Crippen molar-refractivity contribution >= 4 is 17.8 Å². The maximum absolute atomic E-state index is 11.1. The molecule has 0 spiro atoms. The number of esters is 2. The van der Waals surface area contributed by atoms with Gasteiger partial charge in [0, 0.05) is 20.8 Å². The van der Waals surface area contributed by atoms with Gasteiger partial charge in [0.25, 0.3) is 0 Å². The molecule has 0 aromatic rings. The monoisotopic (exact) mass is 275 g/mol. The first-order chi connectivity index (χ1) is 8.81. The number of hydrogen-bond acceptors (Lipinski definition) is 7. The van der Waals surface area contributed by atoms with E-state index in [1.54, 1.807) is 0 Å². The van der Waals surface area contributed by atoms with Crippen LogP contribution in [0.5, 0.6) is 0 Å². The first-order valence-corrected chi connectivity index (χ1v) is 5.72. The molecule has 1 heterocycles. The van der Waals surface area contributed by atoms with Crippen molar-refractivity contribution in [3.63, 3.8) is 0 Å². The van der Waals surface area contributed by atoms with Crippen molar-refractivity contribution < 1.29 is 33.7 Å². The second kappa shape index (κ2) is 6.48. The molecule has 1 aliphatic heterocycles. The quantitative estimate of drug-likeness (QED) is 0.616. The van der Waals surface area contributed by atoms with Crippen LogP contribution in [-0.4, -0.2) is 54.1 Å². The normalized spacial score (nSPS) is 30.3. The van der Waals surface area contributed by atoms with Gasteiger partial charge >= 0.3 is 11.9 Å². The third kappa shape index (κ3) is 4.49. The molecule has 2 unspecified atom stereocenters. The van der Waals surface area contributed by atoms with Gasteiger partial charge in [-0.1, -0.05) is 0 Å². The summed E-state index contributed by atoms with van der Waals surface area (Å²) in [5.41, 5.74) is 0. The van der Waals surface area contributed by atoms with Gasteiger partial charge in [0.05, 0.1) is 6.61 Å². The Kier molecular flexibility index (Phi) is 5.25. The van der Waals surface area contributed by atoms with E-state index in [0.717, 1.165) is 0 Å². The predicted molar refractivity (Wildman–Crippen MR) is 60.7 cm³/mol. The molecule has 8 nitrogen and oxygen atoms in total. The van der Waals surface area contributed by atoms with Crippen molar-refractivity contribution in [1.82, 2.24) is 5.32 Å². The van der Waals surface area contributed by atoms with E-state index in [2.05, 4.69) is 5.32 Å². The highest BCUT2D eigenvalue weighted by molar-refractivity contribution is 5.73. The van der Waals surface area contributed by atoms with E-state index in [1.807, 2.05) is 0 Å². The minimum Gasteiger partial charge on any atom is -0.456 e. The van der Waals surface area contributed by atoms with Gasteiger partial charge in [0.1, 0.15) is 6.04 Å². The summed E-state index contributed by atoms with van der Waals surface area (Å²) in [6.45, 7) is 3.49. The van der Waals surface area contributed by atoms with Crippen molar-refractivity contribution in [1.29, 1.82) is 0 Å². The topological polar surface area (TPSA) is 111 Å². The van der Waals surface area contributed by atoms with E-state index in [1.165, 1.54) is 20.8 Å². The Balaban J connectivity index is 2.89. The zero-order valence-electron chi connectivity index (χ0n) is 10.9. The number of aliphatic hydroxyl groups is 1. The van der Waals surface area contributed by atoms with Crippen LogP contribution >= 0.6 is 0 Å². The highest BCUT2D eigenvalue weighted by Crippen LogP contribution is 2.20. The summed E-state index contributed by atoms with van der Waals surface area (Å²) in [4.78, 5) is 33.2. The Morgan fingerprint density at radius 1 is 1.16 bits per heavy atom. The molecular formula is C11H17NO7. The molecule has 8 heteroatoms. The highest BCUT2D eigenvalue weighted by Gasteiger charge is 2.44. The molecule has 0 bridgehead atoms. The van der Waals surface area contributed by atoms with E-state index in [4.69, 9.17) is 14.2 Å². The third-order valence-electron chi connectivity index (χ3n) is 2.45. The van der Waals surface area contributed by atoms with Crippen LogP contribution in [0.15, 0.2) is 0 Å². The number of amides is 1. The number of carbonyl (C=O) groups is 3. The maximum atomic E-state index is 11.1. The Labute approximate surface area is 110 Å². The first kappa shape index (κ1) is 15.4. The molecule has 1 rings (SSSR count). The smallest absolute Gasteiger partial charge is 0.303 e. The molecule has 19 heavy (non-hydrogen) atoms. The lowest BCUT2D eigenvalue weighted by atomic mass is 10.0. The standard InChI is InChI=1S/C11H17NO7/c1-5(13)12-9-10(19-7(3)15)8(18-6(2)14)4-17-11(9)16/h8-11,16H,4H2,1-3H3,(H,12,13)/t8-,9?,10-,11?/m1/s1.